The number of carbonyl (C=O) groups is 2. The molecule has 2 aliphatic rings. The van der Waals surface area contributed by atoms with Gasteiger partial charge < -0.3 is 14.7 Å². The lowest BCUT2D eigenvalue weighted by Gasteiger charge is -2.41. The van der Waals surface area contributed by atoms with Crippen molar-refractivity contribution in [2.75, 3.05) is 36.0 Å². The third-order valence-corrected chi connectivity index (χ3v) is 8.71. The molecule has 6 nitrogen and oxygen atoms in total. The Bertz CT molecular complexity index is 1140. The first-order valence-corrected chi connectivity index (χ1v) is 13.6. The van der Waals surface area contributed by atoms with E-state index in [1.807, 2.05) is 59.4 Å². The van der Waals surface area contributed by atoms with Crippen molar-refractivity contribution in [1.82, 2.24) is 9.88 Å². The van der Waals surface area contributed by atoms with Gasteiger partial charge in [-0.05, 0) is 50.3 Å². The number of carbonyl (C=O) groups excluding carboxylic acids is 2. The molecule has 0 spiro atoms. The van der Waals surface area contributed by atoms with E-state index in [9.17, 15) is 9.59 Å². The minimum atomic E-state index is -0.266. The summed E-state index contributed by atoms with van der Waals surface area (Å²) in [6.45, 7) is 7.18. The van der Waals surface area contributed by atoms with Gasteiger partial charge in [-0.15, -0.1) is 22.7 Å². The molecule has 8 heteroatoms. The number of anilines is 2. The normalized spacial score (nSPS) is 21.6. The molecule has 2 saturated heterocycles. The van der Waals surface area contributed by atoms with Crippen LogP contribution >= 0.6 is 22.7 Å². The number of rotatable bonds is 4. The van der Waals surface area contributed by atoms with Gasteiger partial charge in [-0.1, -0.05) is 23.8 Å². The summed E-state index contributed by atoms with van der Waals surface area (Å²) in [5, 5.41) is 5.15. The minimum Gasteiger partial charge on any atom is -0.346 e. The van der Waals surface area contributed by atoms with Crippen molar-refractivity contribution < 1.29 is 9.59 Å². The molecule has 4 heterocycles. The second kappa shape index (κ2) is 9.88. The number of piperidine rings is 1. The third kappa shape index (κ3) is 4.61. The third-order valence-electron chi connectivity index (χ3n) is 6.75. The number of hydrogen-bond acceptors (Lipinski definition) is 6. The molecule has 2 aliphatic heterocycles. The average molecular weight is 495 g/mol. The summed E-state index contributed by atoms with van der Waals surface area (Å²) < 4.78 is 0. The predicted octanol–water partition coefficient (Wildman–Crippen LogP) is 5.04. The number of aryl methyl sites for hydroxylation is 2. The van der Waals surface area contributed by atoms with Gasteiger partial charge in [0.05, 0.1) is 17.7 Å². The summed E-state index contributed by atoms with van der Waals surface area (Å²) >= 11 is 3.29. The summed E-state index contributed by atoms with van der Waals surface area (Å²) in [6, 6.07) is 11.9. The van der Waals surface area contributed by atoms with E-state index >= 15 is 0 Å². The lowest BCUT2D eigenvalue weighted by Crippen LogP contribution is -2.49. The zero-order chi connectivity index (χ0) is 23.7. The van der Waals surface area contributed by atoms with Crippen molar-refractivity contribution >= 4 is 45.3 Å². The minimum absolute atomic E-state index is 0.0903. The Balaban J connectivity index is 1.40. The fourth-order valence-corrected chi connectivity index (χ4v) is 6.73. The number of hydrogen-bond donors (Lipinski definition) is 0. The summed E-state index contributed by atoms with van der Waals surface area (Å²) in [5.41, 5.74) is 3.06. The van der Waals surface area contributed by atoms with Crippen LogP contribution in [0.3, 0.4) is 0 Å². The molecule has 2 atom stereocenters. The quantitative estimate of drug-likeness (QED) is 0.510. The average Bonchev–Trinajstić information content (AvgIpc) is 3.46. The molecule has 2 amide bonds. The summed E-state index contributed by atoms with van der Waals surface area (Å²) in [7, 11) is 0. The number of aromatic nitrogens is 1. The van der Waals surface area contributed by atoms with Crippen LogP contribution in [-0.2, 0) is 9.59 Å². The standard InChI is InChI=1S/C26H30N4O2S2/c1-18-6-8-20(9-7-18)30-23(31)11-10-21(24(30)22-5-3-16-33-22)25(32)28-12-4-13-29(15-14-28)26-27-19(2)17-34-26/h3,5-9,16-17,21,24H,4,10-15H2,1-2H3. The summed E-state index contributed by atoms with van der Waals surface area (Å²) in [4.78, 5) is 39.0. The van der Waals surface area contributed by atoms with Crippen molar-refractivity contribution in [3.8, 4) is 0 Å². The molecular weight excluding hydrogens is 464 g/mol. The molecule has 0 bridgehead atoms. The van der Waals surface area contributed by atoms with Gasteiger partial charge >= 0.3 is 0 Å². The number of benzene rings is 1. The highest BCUT2D eigenvalue weighted by atomic mass is 32.1. The fourth-order valence-electron chi connectivity index (χ4n) is 5.00. The number of amides is 2. The SMILES string of the molecule is Cc1ccc(N2C(=O)CCC(C(=O)N3CCCN(c4nc(C)cs4)CC3)C2c2cccs2)cc1. The van der Waals surface area contributed by atoms with Crippen molar-refractivity contribution in [3.05, 3.63) is 63.3 Å². The van der Waals surface area contributed by atoms with Crippen LogP contribution in [0.15, 0.2) is 47.2 Å². The van der Waals surface area contributed by atoms with E-state index in [1.54, 1.807) is 22.7 Å². The highest BCUT2D eigenvalue weighted by molar-refractivity contribution is 7.13. The molecule has 5 rings (SSSR count). The van der Waals surface area contributed by atoms with Gasteiger partial charge in [0.1, 0.15) is 0 Å². The Labute approximate surface area is 208 Å². The lowest BCUT2D eigenvalue weighted by molar-refractivity contribution is -0.138. The smallest absolute Gasteiger partial charge is 0.228 e. The Kier molecular flexibility index (Phi) is 6.70. The summed E-state index contributed by atoms with van der Waals surface area (Å²) in [6.07, 6.45) is 1.90. The van der Waals surface area contributed by atoms with E-state index in [2.05, 4.69) is 21.3 Å². The maximum absolute atomic E-state index is 14.0. The van der Waals surface area contributed by atoms with Crippen molar-refractivity contribution in [2.24, 2.45) is 5.92 Å². The van der Waals surface area contributed by atoms with Crippen LogP contribution in [-0.4, -0.2) is 47.9 Å². The summed E-state index contributed by atoms with van der Waals surface area (Å²) in [5.74, 6) is 0.0129. The highest BCUT2D eigenvalue weighted by Crippen LogP contribution is 2.42. The van der Waals surface area contributed by atoms with Gasteiger partial charge in [-0.3, -0.25) is 9.59 Å². The fraction of sp³-hybridized carbons (Fsp3) is 0.423. The van der Waals surface area contributed by atoms with Crippen LogP contribution in [0.4, 0.5) is 10.8 Å². The highest BCUT2D eigenvalue weighted by Gasteiger charge is 2.43. The molecule has 0 N–H and O–H groups in total. The first kappa shape index (κ1) is 23.1. The van der Waals surface area contributed by atoms with E-state index in [-0.39, 0.29) is 23.8 Å². The van der Waals surface area contributed by atoms with Gasteiger partial charge in [0.15, 0.2) is 5.13 Å². The molecule has 2 fully saturated rings. The van der Waals surface area contributed by atoms with Crippen LogP contribution < -0.4 is 9.80 Å². The van der Waals surface area contributed by atoms with E-state index in [0.717, 1.165) is 53.0 Å². The largest absolute Gasteiger partial charge is 0.346 e. The Hall–Kier alpha value is -2.71. The molecule has 1 aromatic carbocycles. The maximum atomic E-state index is 14.0. The molecule has 0 aliphatic carbocycles. The van der Waals surface area contributed by atoms with Gasteiger partial charge in [0, 0.05) is 48.5 Å². The van der Waals surface area contributed by atoms with E-state index in [1.165, 1.54) is 0 Å². The predicted molar refractivity (Wildman–Crippen MR) is 139 cm³/mol. The van der Waals surface area contributed by atoms with Crippen molar-refractivity contribution in [3.63, 3.8) is 0 Å². The van der Waals surface area contributed by atoms with Crippen molar-refractivity contribution in [1.29, 1.82) is 0 Å². The Morgan fingerprint density at radius 3 is 2.56 bits per heavy atom. The number of thiazole rings is 1. The van der Waals surface area contributed by atoms with E-state index in [0.29, 0.717) is 19.4 Å². The monoisotopic (exact) mass is 494 g/mol. The first-order chi connectivity index (χ1) is 16.5. The van der Waals surface area contributed by atoms with Crippen LogP contribution in [0.1, 0.15) is 41.4 Å². The molecule has 34 heavy (non-hydrogen) atoms. The zero-order valence-corrected chi connectivity index (χ0v) is 21.3. The second-order valence-electron chi connectivity index (χ2n) is 9.14. The van der Waals surface area contributed by atoms with Gasteiger partial charge in [-0.2, -0.15) is 0 Å². The maximum Gasteiger partial charge on any atom is 0.228 e. The van der Waals surface area contributed by atoms with Gasteiger partial charge in [-0.25, -0.2) is 4.98 Å². The number of nitrogens with zero attached hydrogens (tertiary/aromatic N) is 4. The molecule has 178 valence electrons. The number of thiophene rings is 1. The van der Waals surface area contributed by atoms with Crippen LogP contribution in [0.25, 0.3) is 0 Å². The Morgan fingerprint density at radius 1 is 1.03 bits per heavy atom. The zero-order valence-electron chi connectivity index (χ0n) is 19.6. The molecule has 2 aromatic heterocycles. The van der Waals surface area contributed by atoms with Crippen LogP contribution in [0, 0.1) is 19.8 Å². The Morgan fingerprint density at radius 2 is 1.85 bits per heavy atom. The topological polar surface area (TPSA) is 56.8 Å². The van der Waals surface area contributed by atoms with Gasteiger partial charge in [0.25, 0.3) is 0 Å². The van der Waals surface area contributed by atoms with E-state index < -0.39 is 0 Å². The van der Waals surface area contributed by atoms with Gasteiger partial charge in [0.2, 0.25) is 11.8 Å². The van der Waals surface area contributed by atoms with E-state index in [4.69, 9.17) is 0 Å². The first-order valence-electron chi connectivity index (χ1n) is 11.9. The van der Waals surface area contributed by atoms with Crippen molar-refractivity contribution in [2.45, 2.75) is 39.2 Å². The van der Waals surface area contributed by atoms with Crippen LogP contribution in [0.5, 0.6) is 0 Å². The molecule has 0 saturated carbocycles. The molecule has 2 unspecified atom stereocenters. The molecule has 3 aromatic rings. The second-order valence-corrected chi connectivity index (χ2v) is 11.0. The molecular formula is C26H30N4O2S2. The lowest BCUT2D eigenvalue weighted by atomic mass is 9.85. The molecule has 0 radical (unpaired) electrons. The van der Waals surface area contributed by atoms with Crippen LogP contribution in [0.2, 0.25) is 0 Å².